The molecule has 1 N–H and O–H groups in total. The molecule has 0 amide bonds. The van der Waals surface area contributed by atoms with Gasteiger partial charge in [-0.05, 0) is 92.8 Å². The minimum Gasteiger partial charge on any atom is -0.383 e. The second-order valence-electron chi connectivity index (χ2n) is 10.7. The molecule has 1 fully saturated rings. The Labute approximate surface area is 208 Å². The fourth-order valence-corrected chi connectivity index (χ4v) is 6.02. The highest BCUT2D eigenvalue weighted by molar-refractivity contribution is 5.92. The van der Waals surface area contributed by atoms with Gasteiger partial charge < -0.3 is 14.6 Å². The predicted octanol–water partition coefficient (Wildman–Crippen LogP) is 6.22. The van der Waals surface area contributed by atoms with E-state index in [0.717, 1.165) is 18.8 Å². The van der Waals surface area contributed by atoms with Crippen LogP contribution in [0, 0.1) is 13.8 Å². The zero-order valence-corrected chi connectivity index (χ0v) is 22.1. The highest BCUT2D eigenvalue weighted by atomic mass is 16.5. The number of H-pyrrole nitrogens is 1. The maximum atomic E-state index is 5.28. The summed E-state index contributed by atoms with van der Waals surface area (Å²) in [5.74, 6) is 1.05. The summed E-state index contributed by atoms with van der Waals surface area (Å²) in [5.41, 5.74) is 9.90. The highest BCUT2D eigenvalue weighted by Crippen LogP contribution is 2.41. The molecule has 1 saturated carbocycles. The average Bonchev–Trinajstić information content (AvgIpc) is 3.49. The van der Waals surface area contributed by atoms with Crippen LogP contribution >= 0.6 is 0 Å². The van der Waals surface area contributed by atoms with Crippen molar-refractivity contribution in [2.45, 2.75) is 71.3 Å². The van der Waals surface area contributed by atoms with Gasteiger partial charge in [-0.3, -0.25) is 0 Å². The van der Waals surface area contributed by atoms with Gasteiger partial charge in [0.15, 0.2) is 5.65 Å². The number of pyridine rings is 1. The van der Waals surface area contributed by atoms with Crippen molar-refractivity contribution in [1.29, 1.82) is 0 Å². The molecule has 0 atom stereocenters. The summed E-state index contributed by atoms with van der Waals surface area (Å²) in [7, 11) is 4.03. The quantitative estimate of drug-likeness (QED) is 0.346. The van der Waals surface area contributed by atoms with Crippen molar-refractivity contribution >= 4 is 16.6 Å². The Hall–Kier alpha value is -2.70. The van der Waals surface area contributed by atoms with Gasteiger partial charge in [0.25, 0.3) is 0 Å². The summed E-state index contributed by atoms with van der Waals surface area (Å²) < 4.78 is 7.18. The molecule has 3 heterocycles. The van der Waals surface area contributed by atoms with Gasteiger partial charge in [0.05, 0.1) is 12.3 Å². The van der Waals surface area contributed by atoms with Crippen molar-refractivity contribution < 1.29 is 4.74 Å². The van der Waals surface area contributed by atoms with Crippen LogP contribution in [0.4, 0.5) is 0 Å². The lowest BCUT2D eigenvalue weighted by Gasteiger charge is -2.34. The lowest BCUT2D eigenvalue weighted by molar-refractivity contribution is 0.120. The van der Waals surface area contributed by atoms with Crippen molar-refractivity contribution in [3.8, 4) is 11.3 Å². The molecule has 0 radical (unpaired) electrons. The van der Waals surface area contributed by atoms with Crippen LogP contribution in [-0.4, -0.2) is 57.8 Å². The number of ether oxygens (including phenoxy) is 1. The largest absolute Gasteiger partial charge is 0.383 e. The summed E-state index contributed by atoms with van der Waals surface area (Å²) in [6.07, 6.45) is 8.79. The van der Waals surface area contributed by atoms with E-state index in [1.807, 2.05) is 4.52 Å². The van der Waals surface area contributed by atoms with E-state index in [4.69, 9.17) is 4.74 Å². The zero-order chi connectivity index (χ0) is 24.7. The van der Waals surface area contributed by atoms with Gasteiger partial charge in [-0.2, -0.15) is 5.10 Å². The fraction of sp³-hybridized carbons (Fsp3) is 0.517. The molecule has 186 valence electrons. The molecule has 6 heteroatoms. The lowest BCUT2D eigenvalue weighted by Crippen LogP contribution is -2.36. The van der Waals surface area contributed by atoms with Gasteiger partial charge >= 0.3 is 0 Å². The molecule has 0 unspecified atom stereocenters. The molecule has 4 aromatic rings. The first-order valence-corrected chi connectivity index (χ1v) is 13.0. The number of hydrogen-bond donors (Lipinski definition) is 1. The Morgan fingerprint density at radius 1 is 1.14 bits per heavy atom. The number of methoxy groups -OCH3 is 1. The number of nitrogens with zero attached hydrogens (tertiary/aromatic N) is 4. The van der Waals surface area contributed by atoms with Crippen molar-refractivity contribution in [3.63, 3.8) is 0 Å². The topological polar surface area (TPSA) is 58.5 Å². The summed E-state index contributed by atoms with van der Waals surface area (Å²) in [6, 6.07) is 7.80. The lowest BCUT2D eigenvalue weighted by atomic mass is 9.80. The van der Waals surface area contributed by atoms with Gasteiger partial charge in [0.2, 0.25) is 0 Å². The Morgan fingerprint density at radius 2 is 1.91 bits per heavy atom. The second kappa shape index (κ2) is 9.75. The number of aromatic amines is 1. The molecule has 1 aliphatic carbocycles. The number of benzene rings is 1. The molecule has 0 aliphatic heterocycles. The van der Waals surface area contributed by atoms with Gasteiger partial charge in [0, 0.05) is 42.4 Å². The molecule has 0 spiro atoms. The van der Waals surface area contributed by atoms with Crippen molar-refractivity contribution in [3.05, 3.63) is 53.0 Å². The Bertz CT molecular complexity index is 1330. The van der Waals surface area contributed by atoms with E-state index in [0.29, 0.717) is 17.9 Å². The van der Waals surface area contributed by atoms with Crippen LogP contribution < -0.4 is 0 Å². The van der Waals surface area contributed by atoms with Gasteiger partial charge in [-0.15, -0.1) is 0 Å². The number of aryl methyl sites for hydroxylation is 1. The molecule has 5 rings (SSSR count). The summed E-state index contributed by atoms with van der Waals surface area (Å²) >= 11 is 0. The second-order valence-corrected chi connectivity index (χ2v) is 10.7. The molecule has 3 aromatic heterocycles. The maximum absolute atomic E-state index is 5.28. The monoisotopic (exact) mass is 473 g/mol. The van der Waals surface area contributed by atoms with Crippen molar-refractivity contribution in [2.75, 3.05) is 27.3 Å². The number of likely N-dealkylation sites (N-methyl/N-ethyl adjacent to an activating group) is 1. The molecule has 1 aromatic carbocycles. The molecule has 0 saturated heterocycles. The van der Waals surface area contributed by atoms with Crippen LogP contribution in [0.2, 0.25) is 0 Å². The minimum atomic E-state index is 0.408. The predicted molar refractivity (Wildman–Crippen MR) is 143 cm³/mol. The van der Waals surface area contributed by atoms with E-state index in [1.54, 1.807) is 13.4 Å². The molecular formula is C29H39N5O. The SMILES string of the molecule is COCCN(C)C1CCC(c2ccc3[nH]c(-c4cn5ncnc5c(C)c4C)c(C(C)C)c3c2)CC1. The molecule has 35 heavy (non-hydrogen) atoms. The summed E-state index contributed by atoms with van der Waals surface area (Å²) in [5, 5.41) is 5.79. The van der Waals surface area contributed by atoms with Gasteiger partial charge in [-0.25, -0.2) is 9.50 Å². The average molecular weight is 474 g/mol. The van der Waals surface area contributed by atoms with E-state index >= 15 is 0 Å². The molecule has 0 bridgehead atoms. The first kappa shape index (κ1) is 24.0. The van der Waals surface area contributed by atoms with Crippen LogP contribution in [0.1, 0.15) is 73.6 Å². The van der Waals surface area contributed by atoms with E-state index < -0.39 is 0 Å². The van der Waals surface area contributed by atoms with Crippen LogP contribution in [0.15, 0.2) is 30.7 Å². The zero-order valence-electron chi connectivity index (χ0n) is 22.1. The molecular weight excluding hydrogens is 434 g/mol. The van der Waals surface area contributed by atoms with E-state index in [-0.39, 0.29) is 0 Å². The standard InChI is InChI=1S/C29H39N5O/c1-18(2)27-24-15-22(21-7-10-23(11-8-21)33(5)13-14-35-6)9-12-26(24)32-28(27)25-16-34-29(30-17-31-34)20(4)19(25)3/h9,12,15-18,21,23,32H,7-8,10-11,13-14H2,1-6H3. The van der Waals surface area contributed by atoms with Crippen LogP contribution in [0.25, 0.3) is 27.8 Å². The molecule has 1 aliphatic rings. The van der Waals surface area contributed by atoms with Gasteiger partial charge in [-0.1, -0.05) is 19.9 Å². The Morgan fingerprint density at radius 3 is 2.63 bits per heavy atom. The van der Waals surface area contributed by atoms with Crippen LogP contribution in [0.5, 0.6) is 0 Å². The normalized spacial score (nSPS) is 19.0. The van der Waals surface area contributed by atoms with Crippen molar-refractivity contribution in [2.24, 2.45) is 0 Å². The summed E-state index contributed by atoms with van der Waals surface area (Å²) in [6.45, 7) is 10.8. The number of rotatable bonds is 7. The Kier molecular flexibility index (Phi) is 6.69. The van der Waals surface area contributed by atoms with Gasteiger partial charge in [0.1, 0.15) is 6.33 Å². The third-order valence-electron chi connectivity index (χ3n) is 8.28. The third-order valence-corrected chi connectivity index (χ3v) is 8.28. The Balaban J connectivity index is 1.48. The molecule has 6 nitrogen and oxygen atoms in total. The smallest absolute Gasteiger partial charge is 0.158 e. The summed E-state index contributed by atoms with van der Waals surface area (Å²) in [4.78, 5) is 10.7. The van der Waals surface area contributed by atoms with Crippen LogP contribution in [-0.2, 0) is 4.74 Å². The third kappa shape index (κ3) is 4.38. The number of nitrogens with one attached hydrogen (secondary N) is 1. The highest BCUT2D eigenvalue weighted by Gasteiger charge is 2.26. The van der Waals surface area contributed by atoms with Crippen LogP contribution in [0.3, 0.4) is 0 Å². The minimum absolute atomic E-state index is 0.408. The maximum Gasteiger partial charge on any atom is 0.158 e. The van der Waals surface area contributed by atoms with E-state index in [9.17, 15) is 0 Å². The number of aromatic nitrogens is 4. The first-order valence-electron chi connectivity index (χ1n) is 13.0. The fourth-order valence-electron chi connectivity index (χ4n) is 6.02. The van der Waals surface area contributed by atoms with Crippen molar-refractivity contribution in [1.82, 2.24) is 24.5 Å². The van der Waals surface area contributed by atoms with E-state index in [1.165, 1.54) is 70.1 Å². The number of fused-ring (bicyclic) bond motifs is 2. The van der Waals surface area contributed by atoms with E-state index in [2.05, 4.69) is 79.1 Å². The first-order chi connectivity index (χ1) is 16.9. The number of hydrogen-bond acceptors (Lipinski definition) is 4.